The number of esters is 1. The Bertz CT molecular complexity index is 1370. The van der Waals surface area contributed by atoms with E-state index in [2.05, 4.69) is 20.7 Å². The maximum atomic E-state index is 14.6. The average molecular weight is 576 g/mol. The fourth-order valence-electron chi connectivity index (χ4n) is 5.77. The van der Waals surface area contributed by atoms with Crippen LogP contribution < -0.4 is 10.7 Å². The summed E-state index contributed by atoms with van der Waals surface area (Å²) in [6.07, 6.45) is 7.18. The van der Waals surface area contributed by atoms with Gasteiger partial charge in [-0.25, -0.2) is 18.6 Å². The van der Waals surface area contributed by atoms with Gasteiger partial charge in [0, 0.05) is 47.6 Å². The van der Waals surface area contributed by atoms with E-state index in [9.17, 15) is 13.6 Å². The molecule has 39 heavy (non-hydrogen) atoms. The van der Waals surface area contributed by atoms with Gasteiger partial charge in [-0.15, -0.1) is 11.3 Å². The Morgan fingerprint density at radius 3 is 2.90 bits per heavy atom. The van der Waals surface area contributed by atoms with Crippen molar-refractivity contribution >= 4 is 34.7 Å². The third-order valence-corrected chi connectivity index (χ3v) is 8.85. The molecule has 1 fully saturated rings. The molecule has 8 nitrogen and oxygen atoms in total. The third kappa shape index (κ3) is 4.97. The van der Waals surface area contributed by atoms with Gasteiger partial charge in [0.2, 0.25) is 0 Å². The molecule has 1 aromatic carbocycles. The summed E-state index contributed by atoms with van der Waals surface area (Å²) in [5.41, 5.74) is 7.08. The minimum Gasteiger partial charge on any atom is -0.466 e. The van der Waals surface area contributed by atoms with Crippen LogP contribution in [0.1, 0.15) is 55.1 Å². The lowest BCUT2D eigenvalue weighted by atomic mass is 9.81. The summed E-state index contributed by atoms with van der Waals surface area (Å²) in [6, 6.07) is 1.36. The van der Waals surface area contributed by atoms with Crippen molar-refractivity contribution < 1.29 is 23.0 Å². The number of halogens is 3. The lowest BCUT2D eigenvalue weighted by Crippen LogP contribution is -2.44. The molecular weight excluding hydrogens is 548 g/mol. The summed E-state index contributed by atoms with van der Waals surface area (Å²) in [6.45, 7) is 1.51. The van der Waals surface area contributed by atoms with E-state index in [1.54, 1.807) is 6.20 Å². The fourth-order valence-corrected chi connectivity index (χ4v) is 6.61. The van der Waals surface area contributed by atoms with Gasteiger partial charge in [-0.3, -0.25) is 4.99 Å². The molecule has 2 aromatic rings. The lowest BCUT2D eigenvalue weighted by molar-refractivity contribution is -0.136. The monoisotopic (exact) mass is 575 g/mol. The number of hydrazine groups is 1. The van der Waals surface area contributed by atoms with Crippen LogP contribution in [-0.2, 0) is 14.3 Å². The van der Waals surface area contributed by atoms with Crippen LogP contribution in [-0.4, -0.2) is 48.3 Å². The molecule has 206 valence electrons. The molecular formula is C27H28ClF2N5O3S. The zero-order valence-electron chi connectivity index (χ0n) is 21.3. The van der Waals surface area contributed by atoms with Gasteiger partial charge in [0.05, 0.1) is 17.7 Å². The molecule has 0 saturated carbocycles. The van der Waals surface area contributed by atoms with Crippen molar-refractivity contribution in [1.29, 1.82) is 0 Å². The SMILES string of the molecule is COC(=O)C1=C(C2CCC3=C(C2)CN(C2CCCCO2)N3)NC(c2nccs2)=NC1c1ccc(F)c(F)c1Cl. The van der Waals surface area contributed by atoms with Crippen LogP contribution >= 0.6 is 22.9 Å². The first-order valence-corrected chi connectivity index (χ1v) is 14.3. The van der Waals surface area contributed by atoms with Crippen molar-refractivity contribution in [3.8, 4) is 0 Å². The van der Waals surface area contributed by atoms with Gasteiger partial charge in [0.25, 0.3) is 0 Å². The molecule has 1 aliphatic carbocycles. The first-order valence-electron chi connectivity index (χ1n) is 13.0. The normalized spacial score (nSPS) is 25.6. The van der Waals surface area contributed by atoms with E-state index in [4.69, 9.17) is 26.1 Å². The van der Waals surface area contributed by atoms with E-state index in [0.29, 0.717) is 23.0 Å². The molecule has 3 atom stereocenters. The van der Waals surface area contributed by atoms with Gasteiger partial charge in [-0.2, -0.15) is 5.01 Å². The average Bonchev–Trinajstić information content (AvgIpc) is 3.66. The number of hydrogen-bond acceptors (Lipinski definition) is 9. The molecule has 2 N–H and O–H groups in total. The number of aliphatic imine (C=N–C) groups is 1. The number of thiazole rings is 1. The van der Waals surface area contributed by atoms with Crippen molar-refractivity contribution in [3.05, 3.63) is 73.5 Å². The molecule has 4 heterocycles. The summed E-state index contributed by atoms with van der Waals surface area (Å²) < 4.78 is 39.7. The molecule has 1 saturated heterocycles. The van der Waals surface area contributed by atoms with Gasteiger partial charge < -0.3 is 20.2 Å². The van der Waals surface area contributed by atoms with Crippen LogP contribution in [0.15, 0.2) is 51.2 Å². The number of allylic oxidation sites excluding steroid dienone is 2. The second-order valence-electron chi connectivity index (χ2n) is 10.0. The predicted molar refractivity (Wildman–Crippen MR) is 143 cm³/mol. The number of carbonyl (C=O) groups excluding carboxylic acids is 1. The Morgan fingerprint density at radius 1 is 1.28 bits per heavy atom. The molecule has 1 aromatic heterocycles. The third-order valence-electron chi connectivity index (χ3n) is 7.69. The number of ether oxygens (including phenoxy) is 2. The number of benzene rings is 1. The van der Waals surface area contributed by atoms with Crippen molar-refractivity contribution in [1.82, 2.24) is 20.7 Å². The second kappa shape index (κ2) is 11.0. The summed E-state index contributed by atoms with van der Waals surface area (Å²) in [4.78, 5) is 22.4. The molecule has 0 radical (unpaired) electrons. The largest absolute Gasteiger partial charge is 0.466 e. The predicted octanol–water partition coefficient (Wildman–Crippen LogP) is 4.99. The molecule has 0 bridgehead atoms. The number of nitrogens with one attached hydrogen (secondary N) is 2. The smallest absolute Gasteiger partial charge is 0.338 e. The zero-order chi connectivity index (χ0) is 27.1. The van der Waals surface area contributed by atoms with Gasteiger partial charge in [-0.05, 0) is 50.2 Å². The zero-order valence-corrected chi connectivity index (χ0v) is 22.9. The first kappa shape index (κ1) is 26.4. The molecule has 0 amide bonds. The van der Waals surface area contributed by atoms with E-state index in [0.717, 1.165) is 51.3 Å². The Kier molecular flexibility index (Phi) is 7.41. The van der Waals surface area contributed by atoms with Crippen LogP contribution in [0.2, 0.25) is 5.02 Å². The standard InChI is InChI=1S/C27H28ClF2N5O3S/c1-37-27(36)20-23(14-5-8-18-15(12-14)13-35(34-18)19-4-2-3-10-38-19)32-25(26-31-9-11-39-26)33-24(20)16-6-7-17(29)22(30)21(16)28/h6-7,9,11,14,19,24,34H,2-5,8,10,12-13H2,1H3,(H,32,33). The quantitative estimate of drug-likeness (QED) is 0.383. The van der Waals surface area contributed by atoms with Crippen LogP contribution in [0.4, 0.5) is 8.78 Å². The minimum atomic E-state index is -1.18. The fraction of sp³-hybridized carbons (Fsp3) is 0.444. The number of methoxy groups -OCH3 is 1. The van der Waals surface area contributed by atoms with Crippen LogP contribution in [0.3, 0.4) is 0 Å². The van der Waals surface area contributed by atoms with E-state index >= 15 is 0 Å². The minimum absolute atomic E-state index is 0.0454. The van der Waals surface area contributed by atoms with Gasteiger partial charge in [0.1, 0.15) is 12.3 Å². The van der Waals surface area contributed by atoms with Gasteiger partial charge >= 0.3 is 5.97 Å². The number of carbonyl (C=O) groups is 1. The number of nitrogens with zero attached hydrogens (tertiary/aromatic N) is 3. The maximum absolute atomic E-state index is 14.6. The summed E-state index contributed by atoms with van der Waals surface area (Å²) in [5, 5.41) is 7.56. The lowest BCUT2D eigenvalue weighted by Gasteiger charge is -2.33. The Hall–Kier alpha value is -2.86. The van der Waals surface area contributed by atoms with Crippen molar-refractivity contribution in [3.63, 3.8) is 0 Å². The summed E-state index contributed by atoms with van der Waals surface area (Å²) in [7, 11) is 1.29. The topological polar surface area (TPSA) is 88.1 Å². The Morgan fingerprint density at radius 2 is 2.15 bits per heavy atom. The molecule has 12 heteroatoms. The molecule has 0 spiro atoms. The number of aromatic nitrogens is 1. The maximum Gasteiger partial charge on any atom is 0.338 e. The van der Waals surface area contributed by atoms with Crippen molar-refractivity contribution in [2.75, 3.05) is 20.3 Å². The Balaban J connectivity index is 1.38. The summed E-state index contributed by atoms with van der Waals surface area (Å²) >= 11 is 7.67. The summed E-state index contributed by atoms with van der Waals surface area (Å²) in [5.74, 6) is -2.48. The highest BCUT2D eigenvalue weighted by Crippen LogP contribution is 2.43. The van der Waals surface area contributed by atoms with Gasteiger partial charge in [0.15, 0.2) is 22.5 Å². The number of amidine groups is 1. The highest BCUT2D eigenvalue weighted by molar-refractivity contribution is 7.11. The van der Waals surface area contributed by atoms with E-state index < -0.39 is 28.7 Å². The first-order chi connectivity index (χ1) is 18.9. The van der Waals surface area contributed by atoms with Crippen molar-refractivity contribution in [2.45, 2.75) is 50.8 Å². The molecule has 4 aliphatic rings. The second-order valence-corrected chi connectivity index (χ2v) is 11.3. The number of hydrogen-bond donors (Lipinski definition) is 2. The van der Waals surface area contributed by atoms with Gasteiger partial charge in [-0.1, -0.05) is 17.7 Å². The molecule has 3 unspecified atom stereocenters. The van der Waals surface area contributed by atoms with E-state index in [1.807, 2.05) is 5.38 Å². The van der Waals surface area contributed by atoms with E-state index in [1.165, 1.54) is 35.8 Å². The highest BCUT2D eigenvalue weighted by Gasteiger charge is 2.40. The molecule has 6 rings (SSSR count). The van der Waals surface area contributed by atoms with E-state index in [-0.39, 0.29) is 23.3 Å². The number of rotatable bonds is 5. The Labute approximate surface area is 233 Å². The van der Waals surface area contributed by atoms with Crippen LogP contribution in [0, 0.1) is 17.6 Å². The molecule has 3 aliphatic heterocycles. The van der Waals surface area contributed by atoms with Crippen LogP contribution in [0.5, 0.6) is 0 Å². The van der Waals surface area contributed by atoms with Crippen molar-refractivity contribution in [2.24, 2.45) is 10.9 Å². The van der Waals surface area contributed by atoms with Crippen LogP contribution in [0.25, 0.3) is 0 Å². The highest BCUT2D eigenvalue weighted by atomic mass is 35.5.